The van der Waals surface area contributed by atoms with Crippen LogP contribution in [-0.4, -0.2) is 51.9 Å². The number of carbonyl (C=O) groups is 3. The van der Waals surface area contributed by atoms with Gasteiger partial charge in [-0.05, 0) is 44.7 Å². The fraction of sp³-hybridized carbons (Fsp3) is 0.529. The predicted molar refractivity (Wildman–Crippen MR) is 90.2 cm³/mol. The van der Waals surface area contributed by atoms with Crippen molar-refractivity contribution in [3.63, 3.8) is 0 Å². The minimum absolute atomic E-state index is 0.121. The lowest BCUT2D eigenvalue weighted by Gasteiger charge is -2.23. The minimum atomic E-state index is -1.08. The lowest BCUT2D eigenvalue weighted by atomic mass is 10.1. The van der Waals surface area contributed by atoms with Crippen molar-refractivity contribution in [3.05, 3.63) is 33.2 Å². The van der Waals surface area contributed by atoms with Gasteiger partial charge in [0, 0.05) is 17.8 Å². The molecule has 1 aromatic rings. The van der Waals surface area contributed by atoms with Gasteiger partial charge in [0.2, 0.25) is 11.8 Å². The van der Waals surface area contributed by atoms with Crippen molar-refractivity contribution in [2.45, 2.75) is 45.6 Å². The average Bonchev–Trinajstić information content (AvgIpc) is 2.66. The molecule has 136 valence electrons. The van der Waals surface area contributed by atoms with Gasteiger partial charge in [0.25, 0.3) is 5.56 Å². The average molecular weight is 349 g/mol. The van der Waals surface area contributed by atoms with Gasteiger partial charge in [0.1, 0.15) is 12.6 Å². The maximum Gasteiger partial charge on any atom is 0.323 e. The molecule has 2 rings (SSSR count). The number of H-pyrrole nitrogens is 1. The van der Waals surface area contributed by atoms with E-state index in [1.54, 1.807) is 19.9 Å². The predicted octanol–water partition coefficient (Wildman–Crippen LogP) is 0.116. The summed E-state index contributed by atoms with van der Waals surface area (Å²) in [6.07, 6.45) is 1.76. The van der Waals surface area contributed by atoms with E-state index in [-0.39, 0.29) is 24.4 Å². The van der Waals surface area contributed by atoms with Crippen molar-refractivity contribution in [2.75, 3.05) is 13.1 Å². The monoisotopic (exact) mass is 349 g/mol. The van der Waals surface area contributed by atoms with Crippen LogP contribution in [0.1, 0.15) is 36.1 Å². The van der Waals surface area contributed by atoms with E-state index < -0.39 is 17.9 Å². The number of nitrogens with one attached hydrogen (secondary N) is 2. The number of aromatic nitrogens is 1. The van der Waals surface area contributed by atoms with E-state index in [0.717, 1.165) is 17.7 Å². The van der Waals surface area contributed by atoms with Gasteiger partial charge in [-0.2, -0.15) is 0 Å². The zero-order valence-corrected chi connectivity index (χ0v) is 14.4. The molecule has 8 nitrogen and oxygen atoms in total. The number of nitrogens with zero attached hydrogens (tertiary/aromatic N) is 1. The van der Waals surface area contributed by atoms with Crippen LogP contribution >= 0.6 is 0 Å². The molecule has 1 saturated heterocycles. The van der Waals surface area contributed by atoms with Gasteiger partial charge < -0.3 is 20.3 Å². The summed E-state index contributed by atoms with van der Waals surface area (Å²) in [5.74, 6) is -1.89. The molecule has 1 aliphatic rings. The number of pyridine rings is 1. The molecule has 0 saturated carbocycles. The number of hydrogen-bond donors (Lipinski definition) is 3. The van der Waals surface area contributed by atoms with Crippen molar-refractivity contribution in [1.82, 2.24) is 15.2 Å². The molecule has 1 aliphatic heterocycles. The van der Waals surface area contributed by atoms with E-state index in [9.17, 15) is 19.2 Å². The topological polar surface area (TPSA) is 120 Å². The highest BCUT2D eigenvalue weighted by atomic mass is 16.4. The summed E-state index contributed by atoms with van der Waals surface area (Å²) in [6.45, 7) is 3.52. The first-order chi connectivity index (χ1) is 11.8. The second-order valence-corrected chi connectivity index (χ2v) is 6.39. The summed E-state index contributed by atoms with van der Waals surface area (Å²) in [5, 5.41) is 11.6. The van der Waals surface area contributed by atoms with Crippen molar-refractivity contribution < 1.29 is 19.5 Å². The molecule has 0 spiro atoms. The summed E-state index contributed by atoms with van der Waals surface area (Å²) in [6, 6.07) is 1.04. The number of aliphatic carboxylic acids is 1. The molecule has 25 heavy (non-hydrogen) atoms. The summed E-state index contributed by atoms with van der Waals surface area (Å²) < 4.78 is 0. The molecule has 8 heteroatoms. The highest BCUT2D eigenvalue weighted by Gasteiger charge is 2.29. The zero-order chi connectivity index (χ0) is 18.6. The number of hydrogen-bond acceptors (Lipinski definition) is 4. The van der Waals surface area contributed by atoms with Crippen LogP contribution in [0.2, 0.25) is 0 Å². The number of aryl methyl sites for hydroxylation is 2. The molecule has 1 atom stereocenters. The number of carbonyl (C=O) groups excluding carboxylic acids is 2. The fourth-order valence-electron chi connectivity index (χ4n) is 3.07. The third kappa shape index (κ3) is 4.91. The van der Waals surface area contributed by atoms with Gasteiger partial charge in [-0.25, -0.2) is 0 Å². The Labute approximate surface area is 145 Å². The van der Waals surface area contributed by atoms with Crippen LogP contribution in [-0.2, 0) is 20.8 Å². The number of rotatable bonds is 5. The second kappa shape index (κ2) is 7.96. The van der Waals surface area contributed by atoms with Crippen LogP contribution in [0.15, 0.2) is 10.9 Å². The molecule has 0 radical (unpaired) electrons. The molecular formula is C17H23N3O5. The van der Waals surface area contributed by atoms with Crippen molar-refractivity contribution >= 4 is 17.8 Å². The highest BCUT2D eigenvalue weighted by Crippen LogP contribution is 2.13. The Balaban J connectivity index is 2.07. The van der Waals surface area contributed by atoms with Crippen LogP contribution in [0.3, 0.4) is 0 Å². The Kier molecular flexibility index (Phi) is 5.95. The van der Waals surface area contributed by atoms with Crippen molar-refractivity contribution in [2.24, 2.45) is 0 Å². The molecule has 0 aliphatic carbocycles. The number of aromatic amines is 1. The van der Waals surface area contributed by atoms with Crippen LogP contribution < -0.4 is 10.9 Å². The fourth-order valence-corrected chi connectivity index (χ4v) is 3.07. The lowest BCUT2D eigenvalue weighted by Crippen LogP contribution is -2.49. The third-order valence-electron chi connectivity index (χ3n) is 4.27. The maximum atomic E-state index is 12.4. The molecule has 2 heterocycles. The first-order valence-electron chi connectivity index (χ1n) is 8.27. The standard InChI is InChI=1S/C17H23N3O5/c1-10-7-11(2)18-16(24)12(10)8-14(21)19-13-5-3-4-6-20(17(13)25)9-15(22)23/h7,13H,3-6,8-9H2,1-2H3,(H,18,24)(H,19,21)(H,22,23). The molecule has 1 aromatic heterocycles. The third-order valence-corrected chi connectivity index (χ3v) is 4.27. The van der Waals surface area contributed by atoms with Gasteiger partial charge in [0.05, 0.1) is 6.42 Å². The highest BCUT2D eigenvalue weighted by molar-refractivity contribution is 5.90. The Bertz CT molecular complexity index is 740. The van der Waals surface area contributed by atoms with E-state index in [4.69, 9.17) is 5.11 Å². The zero-order valence-electron chi connectivity index (χ0n) is 14.4. The lowest BCUT2D eigenvalue weighted by molar-refractivity contribution is -0.145. The van der Waals surface area contributed by atoms with E-state index >= 15 is 0 Å². The van der Waals surface area contributed by atoms with Gasteiger partial charge >= 0.3 is 5.97 Å². The number of amides is 2. The van der Waals surface area contributed by atoms with Crippen molar-refractivity contribution in [1.29, 1.82) is 0 Å². The summed E-state index contributed by atoms with van der Waals surface area (Å²) in [4.78, 5) is 51.5. The van der Waals surface area contributed by atoms with Crippen LogP contribution in [0.4, 0.5) is 0 Å². The molecule has 1 fully saturated rings. The Morgan fingerprint density at radius 1 is 1.32 bits per heavy atom. The largest absolute Gasteiger partial charge is 0.480 e. The summed E-state index contributed by atoms with van der Waals surface area (Å²) >= 11 is 0. The molecule has 0 bridgehead atoms. The van der Waals surface area contributed by atoms with Crippen LogP contribution in [0, 0.1) is 13.8 Å². The SMILES string of the molecule is Cc1cc(C)c(CC(=O)NC2CCCCN(CC(=O)O)C2=O)c(=O)[nH]1. The first kappa shape index (κ1) is 18.7. The van der Waals surface area contributed by atoms with E-state index in [1.807, 2.05) is 0 Å². The smallest absolute Gasteiger partial charge is 0.323 e. The quantitative estimate of drug-likeness (QED) is 0.697. The number of carboxylic acid groups (broad SMARTS) is 1. The number of likely N-dealkylation sites (tertiary alicyclic amines) is 1. The van der Waals surface area contributed by atoms with E-state index in [2.05, 4.69) is 10.3 Å². The molecule has 1 unspecified atom stereocenters. The summed E-state index contributed by atoms with van der Waals surface area (Å²) in [7, 11) is 0. The van der Waals surface area contributed by atoms with E-state index in [0.29, 0.717) is 24.9 Å². The minimum Gasteiger partial charge on any atom is -0.480 e. The van der Waals surface area contributed by atoms with Crippen molar-refractivity contribution in [3.8, 4) is 0 Å². The molecule has 2 amide bonds. The van der Waals surface area contributed by atoms with Gasteiger partial charge in [-0.15, -0.1) is 0 Å². The molecular weight excluding hydrogens is 326 g/mol. The Morgan fingerprint density at radius 3 is 2.68 bits per heavy atom. The Hall–Kier alpha value is -2.64. The van der Waals surface area contributed by atoms with Crippen LogP contribution in [0.25, 0.3) is 0 Å². The first-order valence-corrected chi connectivity index (χ1v) is 8.27. The molecule has 0 aromatic carbocycles. The molecule has 3 N–H and O–H groups in total. The maximum absolute atomic E-state index is 12.4. The van der Waals surface area contributed by atoms with Crippen LogP contribution in [0.5, 0.6) is 0 Å². The Morgan fingerprint density at radius 2 is 2.04 bits per heavy atom. The van der Waals surface area contributed by atoms with Gasteiger partial charge in [-0.1, -0.05) is 0 Å². The van der Waals surface area contributed by atoms with Gasteiger partial charge in [0.15, 0.2) is 0 Å². The van der Waals surface area contributed by atoms with Gasteiger partial charge in [-0.3, -0.25) is 19.2 Å². The van der Waals surface area contributed by atoms with E-state index in [1.165, 1.54) is 4.90 Å². The second-order valence-electron chi connectivity index (χ2n) is 6.39. The number of carboxylic acids is 1. The normalized spacial score (nSPS) is 17.9. The summed E-state index contributed by atoms with van der Waals surface area (Å²) in [5.41, 5.74) is 1.49.